The van der Waals surface area contributed by atoms with Gasteiger partial charge in [-0.25, -0.2) is 0 Å². The molecule has 0 amide bonds. The van der Waals surface area contributed by atoms with E-state index in [1.807, 2.05) is 25.1 Å². The van der Waals surface area contributed by atoms with Crippen molar-refractivity contribution in [2.45, 2.75) is 18.2 Å². The molecule has 0 aliphatic heterocycles. The van der Waals surface area contributed by atoms with E-state index in [-0.39, 0.29) is 11.3 Å². The molecule has 0 saturated carbocycles. The standard InChI is InChI=1S/C12H11Cl2NO/c1-8(10-4-2-3-6-15-10)11(13)9-5-7-16-12(9)14/h2-8,11H,1H3. The molecular weight excluding hydrogens is 245 g/mol. The maximum Gasteiger partial charge on any atom is 0.197 e. The molecule has 84 valence electrons. The lowest BCUT2D eigenvalue weighted by Crippen LogP contribution is -2.03. The van der Waals surface area contributed by atoms with Gasteiger partial charge in [-0.05, 0) is 29.8 Å². The smallest absolute Gasteiger partial charge is 0.197 e. The summed E-state index contributed by atoms with van der Waals surface area (Å²) in [6, 6.07) is 7.57. The van der Waals surface area contributed by atoms with Crippen molar-refractivity contribution in [3.8, 4) is 0 Å². The molecule has 2 heterocycles. The zero-order chi connectivity index (χ0) is 11.5. The van der Waals surface area contributed by atoms with Crippen LogP contribution in [0, 0.1) is 0 Å². The molecule has 0 bridgehead atoms. The predicted molar refractivity (Wildman–Crippen MR) is 65.0 cm³/mol. The molecular formula is C12H11Cl2NO. The molecule has 0 N–H and O–H groups in total. The van der Waals surface area contributed by atoms with E-state index >= 15 is 0 Å². The fraction of sp³-hybridized carbons (Fsp3) is 0.250. The molecule has 2 rings (SSSR count). The Balaban J connectivity index is 2.23. The van der Waals surface area contributed by atoms with E-state index in [1.54, 1.807) is 12.3 Å². The van der Waals surface area contributed by atoms with E-state index in [0.717, 1.165) is 11.3 Å². The quantitative estimate of drug-likeness (QED) is 0.760. The van der Waals surface area contributed by atoms with Crippen LogP contribution >= 0.6 is 23.2 Å². The Morgan fingerprint density at radius 3 is 2.69 bits per heavy atom. The van der Waals surface area contributed by atoms with Gasteiger partial charge in [-0.2, -0.15) is 0 Å². The number of hydrogen-bond acceptors (Lipinski definition) is 2. The SMILES string of the molecule is CC(c1ccccn1)C(Cl)c1ccoc1Cl. The number of rotatable bonds is 3. The Hall–Kier alpha value is -0.990. The zero-order valence-corrected chi connectivity index (χ0v) is 10.2. The summed E-state index contributed by atoms with van der Waals surface area (Å²) in [5.74, 6) is 0.0815. The van der Waals surface area contributed by atoms with Crippen LogP contribution < -0.4 is 0 Å². The summed E-state index contributed by atoms with van der Waals surface area (Å²) in [5.41, 5.74) is 1.75. The molecule has 2 nitrogen and oxygen atoms in total. The fourth-order valence-corrected chi connectivity index (χ4v) is 2.15. The highest BCUT2D eigenvalue weighted by Crippen LogP contribution is 2.38. The third-order valence-corrected chi connectivity index (χ3v) is 3.46. The number of alkyl halides is 1. The normalized spacial score (nSPS) is 14.7. The van der Waals surface area contributed by atoms with Gasteiger partial charge in [0.2, 0.25) is 0 Å². The van der Waals surface area contributed by atoms with Gasteiger partial charge in [0.1, 0.15) is 0 Å². The van der Waals surface area contributed by atoms with E-state index in [2.05, 4.69) is 4.98 Å². The van der Waals surface area contributed by atoms with Crippen LogP contribution in [0.4, 0.5) is 0 Å². The highest BCUT2D eigenvalue weighted by molar-refractivity contribution is 6.31. The first-order chi connectivity index (χ1) is 7.70. The van der Waals surface area contributed by atoms with Gasteiger partial charge >= 0.3 is 0 Å². The summed E-state index contributed by atoms with van der Waals surface area (Å²) >= 11 is 12.2. The van der Waals surface area contributed by atoms with Gasteiger partial charge in [0.05, 0.1) is 11.6 Å². The average Bonchev–Trinajstić information content (AvgIpc) is 2.75. The second-order valence-corrected chi connectivity index (χ2v) is 4.41. The molecule has 0 fully saturated rings. The molecule has 0 radical (unpaired) electrons. The van der Waals surface area contributed by atoms with Crippen molar-refractivity contribution in [2.75, 3.05) is 0 Å². The van der Waals surface area contributed by atoms with Crippen molar-refractivity contribution in [2.24, 2.45) is 0 Å². The van der Waals surface area contributed by atoms with Gasteiger partial charge in [0.25, 0.3) is 0 Å². The molecule has 2 unspecified atom stereocenters. The number of furan rings is 1. The summed E-state index contributed by atoms with van der Waals surface area (Å²) in [5, 5.41) is 0.115. The zero-order valence-electron chi connectivity index (χ0n) is 8.73. The second kappa shape index (κ2) is 4.89. The third-order valence-electron chi connectivity index (χ3n) is 2.54. The van der Waals surface area contributed by atoms with Crippen LogP contribution in [0.1, 0.15) is 29.5 Å². The highest BCUT2D eigenvalue weighted by atomic mass is 35.5. The maximum absolute atomic E-state index is 6.35. The Kier molecular flexibility index (Phi) is 3.52. The molecule has 0 aromatic carbocycles. The molecule has 16 heavy (non-hydrogen) atoms. The van der Waals surface area contributed by atoms with Gasteiger partial charge in [-0.15, -0.1) is 11.6 Å². The molecule has 2 aromatic heterocycles. The van der Waals surface area contributed by atoms with Crippen molar-refractivity contribution >= 4 is 23.2 Å². The average molecular weight is 256 g/mol. The van der Waals surface area contributed by atoms with Crippen LogP contribution in [0.15, 0.2) is 41.1 Å². The van der Waals surface area contributed by atoms with E-state index in [0.29, 0.717) is 5.22 Å². The van der Waals surface area contributed by atoms with E-state index in [1.165, 1.54) is 6.26 Å². The lowest BCUT2D eigenvalue weighted by atomic mass is 9.99. The molecule has 2 aromatic rings. The molecule has 0 saturated heterocycles. The van der Waals surface area contributed by atoms with Crippen molar-refractivity contribution in [3.05, 3.63) is 53.2 Å². The third kappa shape index (κ3) is 2.23. The molecule has 2 atom stereocenters. The van der Waals surface area contributed by atoms with Gasteiger partial charge in [0, 0.05) is 23.4 Å². The Morgan fingerprint density at radius 1 is 1.31 bits per heavy atom. The number of halogens is 2. The minimum absolute atomic E-state index is 0.0815. The van der Waals surface area contributed by atoms with Crippen molar-refractivity contribution in [1.82, 2.24) is 4.98 Å². The predicted octanol–water partition coefficient (Wildman–Crippen LogP) is 4.41. The topological polar surface area (TPSA) is 26.0 Å². The first kappa shape index (κ1) is 11.5. The maximum atomic E-state index is 6.35. The van der Waals surface area contributed by atoms with Gasteiger partial charge < -0.3 is 4.42 Å². The fourth-order valence-electron chi connectivity index (χ4n) is 1.57. The van der Waals surface area contributed by atoms with Gasteiger partial charge in [-0.1, -0.05) is 13.0 Å². The molecule has 0 spiro atoms. The van der Waals surface area contributed by atoms with Gasteiger partial charge in [0.15, 0.2) is 5.22 Å². The van der Waals surface area contributed by atoms with Crippen LogP contribution in [-0.2, 0) is 0 Å². The first-order valence-corrected chi connectivity index (χ1v) is 5.79. The Labute approximate surface area is 104 Å². The van der Waals surface area contributed by atoms with E-state index in [4.69, 9.17) is 27.6 Å². The molecule has 4 heteroatoms. The second-order valence-electron chi connectivity index (χ2n) is 3.59. The van der Waals surface area contributed by atoms with Crippen molar-refractivity contribution < 1.29 is 4.42 Å². The summed E-state index contributed by atoms with van der Waals surface area (Å²) < 4.78 is 5.03. The van der Waals surface area contributed by atoms with Crippen LogP contribution in [0.5, 0.6) is 0 Å². The minimum Gasteiger partial charge on any atom is -0.453 e. The molecule has 0 aliphatic carbocycles. The number of aromatic nitrogens is 1. The monoisotopic (exact) mass is 255 g/mol. The lowest BCUT2D eigenvalue weighted by molar-refractivity contribution is 0.562. The summed E-state index contributed by atoms with van der Waals surface area (Å²) in [4.78, 5) is 4.28. The Bertz CT molecular complexity index is 455. The van der Waals surface area contributed by atoms with E-state index < -0.39 is 0 Å². The highest BCUT2D eigenvalue weighted by Gasteiger charge is 2.22. The van der Waals surface area contributed by atoms with Gasteiger partial charge in [-0.3, -0.25) is 4.98 Å². The lowest BCUT2D eigenvalue weighted by Gasteiger charge is -2.16. The summed E-state index contributed by atoms with van der Waals surface area (Å²) in [7, 11) is 0. The first-order valence-electron chi connectivity index (χ1n) is 4.98. The van der Waals surface area contributed by atoms with E-state index in [9.17, 15) is 0 Å². The van der Waals surface area contributed by atoms with Crippen LogP contribution in [0.25, 0.3) is 0 Å². The number of hydrogen-bond donors (Lipinski definition) is 0. The van der Waals surface area contributed by atoms with Crippen molar-refractivity contribution in [3.63, 3.8) is 0 Å². The number of nitrogens with zero attached hydrogens (tertiary/aromatic N) is 1. The van der Waals surface area contributed by atoms with Crippen LogP contribution in [0.2, 0.25) is 5.22 Å². The summed E-state index contributed by atoms with van der Waals surface area (Å²) in [6.45, 7) is 2.02. The van der Waals surface area contributed by atoms with Crippen LogP contribution in [-0.4, -0.2) is 4.98 Å². The number of pyridine rings is 1. The summed E-state index contributed by atoms with van der Waals surface area (Å²) in [6.07, 6.45) is 3.30. The van der Waals surface area contributed by atoms with Crippen molar-refractivity contribution in [1.29, 1.82) is 0 Å². The van der Waals surface area contributed by atoms with Crippen LogP contribution in [0.3, 0.4) is 0 Å². The molecule has 0 aliphatic rings. The Morgan fingerprint density at radius 2 is 2.12 bits per heavy atom. The minimum atomic E-state index is -0.235. The largest absolute Gasteiger partial charge is 0.453 e.